The van der Waals surface area contributed by atoms with Crippen LogP contribution in [0.1, 0.15) is 48.0 Å². The van der Waals surface area contributed by atoms with Gasteiger partial charge in [0.25, 0.3) is 0 Å². The first-order valence-corrected chi connectivity index (χ1v) is 5.39. The van der Waals surface area contributed by atoms with Crippen molar-refractivity contribution >= 4 is 0 Å². The van der Waals surface area contributed by atoms with E-state index in [0.29, 0.717) is 5.41 Å². The van der Waals surface area contributed by atoms with Gasteiger partial charge in [0.05, 0.1) is 0 Å². The van der Waals surface area contributed by atoms with Crippen LogP contribution in [0.2, 0.25) is 0 Å². The first-order valence-electron chi connectivity index (χ1n) is 5.39. The van der Waals surface area contributed by atoms with E-state index in [-0.39, 0.29) is 0 Å². The minimum Gasteiger partial charge on any atom is -0.0625 e. The molecule has 0 amide bonds. The van der Waals surface area contributed by atoms with E-state index in [2.05, 4.69) is 41.5 Å². The third-order valence-corrected chi connectivity index (χ3v) is 4.53. The monoisotopic (exact) mass is 168 g/mol. The first-order chi connectivity index (χ1) is 5.39. The summed E-state index contributed by atoms with van der Waals surface area (Å²) in [5.41, 5.74) is 0.634. The molecule has 1 rings (SSSR count). The van der Waals surface area contributed by atoms with Crippen molar-refractivity contribution in [2.45, 2.75) is 48.0 Å². The summed E-state index contributed by atoms with van der Waals surface area (Å²) in [6.45, 7) is 14.4. The third kappa shape index (κ3) is 1.30. The van der Waals surface area contributed by atoms with Gasteiger partial charge in [0.2, 0.25) is 0 Å². The molecule has 0 aliphatic heterocycles. The van der Waals surface area contributed by atoms with Crippen molar-refractivity contribution in [2.24, 2.45) is 29.1 Å². The molecule has 3 atom stereocenters. The van der Waals surface area contributed by atoms with Crippen LogP contribution in [0.3, 0.4) is 0 Å². The summed E-state index contributed by atoms with van der Waals surface area (Å²) in [5.74, 6) is 3.64. The lowest BCUT2D eigenvalue weighted by atomic mass is 9.49. The maximum absolute atomic E-state index is 2.46. The molecule has 0 saturated heterocycles. The maximum atomic E-state index is 2.46. The van der Waals surface area contributed by atoms with Crippen LogP contribution in [-0.4, -0.2) is 0 Å². The lowest BCUT2D eigenvalue weighted by Crippen LogP contribution is -2.49. The fourth-order valence-corrected chi connectivity index (χ4v) is 2.77. The molecule has 0 aromatic heterocycles. The van der Waals surface area contributed by atoms with Gasteiger partial charge in [-0.05, 0) is 35.5 Å². The second-order valence-corrected chi connectivity index (χ2v) is 5.56. The molecular formula is C12H24. The standard InChI is InChI=1S/C12H24/c1-8(2)11-7-12(6,9(3)4)10(11)5/h8-11H,7H2,1-6H3. The van der Waals surface area contributed by atoms with Gasteiger partial charge in [-0.25, -0.2) is 0 Å². The van der Waals surface area contributed by atoms with Crippen molar-refractivity contribution in [3.05, 3.63) is 0 Å². The minimum atomic E-state index is 0.634. The van der Waals surface area contributed by atoms with Gasteiger partial charge in [0.15, 0.2) is 0 Å². The molecule has 0 bridgehead atoms. The number of hydrogen-bond donors (Lipinski definition) is 0. The lowest BCUT2D eigenvalue weighted by molar-refractivity contribution is -0.0752. The summed E-state index contributed by atoms with van der Waals surface area (Å²) in [5, 5.41) is 0. The highest BCUT2D eigenvalue weighted by molar-refractivity contribution is 4.98. The second-order valence-electron chi connectivity index (χ2n) is 5.56. The Kier molecular flexibility index (Phi) is 2.56. The van der Waals surface area contributed by atoms with Gasteiger partial charge in [-0.3, -0.25) is 0 Å². The molecule has 0 heteroatoms. The molecule has 3 unspecified atom stereocenters. The molecule has 1 fully saturated rings. The van der Waals surface area contributed by atoms with Crippen molar-refractivity contribution in [2.75, 3.05) is 0 Å². The van der Waals surface area contributed by atoms with E-state index < -0.39 is 0 Å². The molecule has 1 saturated carbocycles. The quantitative estimate of drug-likeness (QED) is 0.585. The Balaban J connectivity index is 2.58. The zero-order chi connectivity index (χ0) is 9.52. The number of hydrogen-bond acceptors (Lipinski definition) is 0. The van der Waals surface area contributed by atoms with E-state index in [1.165, 1.54) is 6.42 Å². The van der Waals surface area contributed by atoms with Gasteiger partial charge >= 0.3 is 0 Å². The van der Waals surface area contributed by atoms with E-state index in [9.17, 15) is 0 Å². The van der Waals surface area contributed by atoms with Crippen molar-refractivity contribution in [3.8, 4) is 0 Å². The predicted octanol–water partition coefficient (Wildman–Crippen LogP) is 3.96. The smallest absolute Gasteiger partial charge is 0.0272 e. The molecule has 0 nitrogen and oxygen atoms in total. The largest absolute Gasteiger partial charge is 0.0625 e. The van der Waals surface area contributed by atoms with E-state index in [0.717, 1.165) is 23.7 Å². The van der Waals surface area contributed by atoms with Gasteiger partial charge in [0, 0.05) is 0 Å². The molecular weight excluding hydrogens is 144 g/mol. The van der Waals surface area contributed by atoms with Crippen LogP contribution in [0.5, 0.6) is 0 Å². The Morgan fingerprint density at radius 1 is 1.17 bits per heavy atom. The van der Waals surface area contributed by atoms with Crippen LogP contribution >= 0.6 is 0 Å². The first kappa shape index (κ1) is 10.1. The predicted molar refractivity (Wildman–Crippen MR) is 55.1 cm³/mol. The fraction of sp³-hybridized carbons (Fsp3) is 1.00. The average Bonchev–Trinajstić information content (AvgIpc) is 1.97. The molecule has 0 aromatic carbocycles. The van der Waals surface area contributed by atoms with E-state index in [1.807, 2.05) is 0 Å². The van der Waals surface area contributed by atoms with Gasteiger partial charge in [-0.15, -0.1) is 0 Å². The van der Waals surface area contributed by atoms with Crippen LogP contribution < -0.4 is 0 Å². The summed E-state index contributed by atoms with van der Waals surface area (Å²) in [6, 6.07) is 0. The van der Waals surface area contributed by atoms with Crippen LogP contribution in [-0.2, 0) is 0 Å². The molecule has 0 radical (unpaired) electrons. The second kappa shape index (κ2) is 3.05. The summed E-state index contributed by atoms with van der Waals surface area (Å²) in [4.78, 5) is 0. The van der Waals surface area contributed by atoms with Gasteiger partial charge in [0.1, 0.15) is 0 Å². The zero-order valence-corrected chi connectivity index (χ0v) is 9.52. The topological polar surface area (TPSA) is 0 Å². The van der Waals surface area contributed by atoms with Gasteiger partial charge < -0.3 is 0 Å². The molecule has 0 heterocycles. The highest BCUT2D eigenvalue weighted by atomic mass is 14.5. The number of rotatable bonds is 2. The molecule has 1 aliphatic carbocycles. The summed E-state index contributed by atoms with van der Waals surface area (Å²) in [6.07, 6.45) is 1.45. The van der Waals surface area contributed by atoms with Crippen LogP contribution in [0.15, 0.2) is 0 Å². The Morgan fingerprint density at radius 2 is 1.67 bits per heavy atom. The highest BCUT2D eigenvalue weighted by Crippen LogP contribution is 2.57. The van der Waals surface area contributed by atoms with E-state index in [4.69, 9.17) is 0 Å². The maximum Gasteiger partial charge on any atom is -0.0272 e. The Morgan fingerprint density at radius 3 is 1.92 bits per heavy atom. The van der Waals surface area contributed by atoms with E-state index in [1.54, 1.807) is 0 Å². The van der Waals surface area contributed by atoms with Crippen molar-refractivity contribution in [1.29, 1.82) is 0 Å². The summed E-state index contributed by atoms with van der Waals surface area (Å²) >= 11 is 0. The van der Waals surface area contributed by atoms with E-state index >= 15 is 0 Å². The van der Waals surface area contributed by atoms with Gasteiger partial charge in [-0.1, -0.05) is 41.5 Å². The zero-order valence-electron chi connectivity index (χ0n) is 9.52. The lowest BCUT2D eigenvalue weighted by Gasteiger charge is -2.56. The minimum absolute atomic E-state index is 0.634. The fourth-order valence-electron chi connectivity index (χ4n) is 2.77. The van der Waals surface area contributed by atoms with Crippen molar-refractivity contribution < 1.29 is 0 Å². The van der Waals surface area contributed by atoms with Gasteiger partial charge in [-0.2, -0.15) is 0 Å². The average molecular weight is 168 g/mol. The summed E-state index contributed by atoms with van der Waals surface area (Å²) in [7, 11) is 0. The molecule has 72 valence electrons. The van der Waals surface area contributed by atoms with Crippen molar-refractivity contribution in [3.63, 3.8) is 0 Å². The van der Waals surface area contributed by atoms with Crippen LogP contribution in [0.25, 0.3) is 0 Å². The third-order valence-electron chi connectivity index (χ3n) is 4.53. The molecule has 0 spiro atoms. The molecule has 0 N–H and O–H groups in total. The summed E-state index contributed by atoms with van der Waals surface area (Å²) < 4.78 is 0. The van der Waals surface area contributed by atoms with Crippen LogP contribution in [0, 0.1) is 29.1 Å². The normalized spacial score (nSPS) is 42.0. The Hall–Kier alpha value is 0. The van der Waals surface area contributed by atoms with Crippen LogP contribution in [0.4, 0.5) is 0 Å². The highest BCUT2D eigenvalue weighted by Gasteiger charge is 2.49. The SMILES string of the molecule is CC(C)C1CC(C)(C(C)C)C1C. The molecule has 12 heavy (non-hydrogen) atoms. The Labute approximate surface area is 77.7 Å². The Bertz CT molecular complexity index is 157. The molecule has 1 aliphatic rings. The van der Waals surface area contributed by atoms with Crippen molar-refractivity contribution in [1.82, 2.24) is 0 Å². The molecule has 0 aromatic rings.